The van der Waals surface area contributed by atoms with Crippen molar-refractivity contribution in [2.24, 2.45) is 13.0 Å². The molecular formula is C14H13N4S+. The molecule has 0 amide bonds. The van der Waals surface area contributed by atoms with Gasteiger partial charge in [-0.05, 0) is 13.0 Å². The number of nitriles is 2. The molecule has 0 fully saturated rings. The van der Waals surface area contributed by atoms with Crippen LogP contribution in [0.1, 0.15) is 18.4 Å². The average molecular weight is 269 g/mol. The van der Waals surface area contributed by atoms with Crippen molar-refractivity contribution in [1.82, 2.24) is 0 Å². The Balaban J connectivity index is 2.62. The first-order valence-corrected chi connectivity index (χ1v) is 6.62. The second-order valence-electron chi connectivity index (χ2n) is 4.44. The number of aryl methyl sites for hydroxylation is 1. The molecule has 0 bridgehead atoms. The number of nitrogens with one attached hydrogen (secondary N) is 1. The maximum atomic E-state index is 9.35. The number of hydrogen-bond donors (Lipinski definition) is 1. The largest absolute Gasteiger partial charge is 0.297 e. The number of thioether (sulfide) groups is 1. The Morgan fingerprint density at radius 3 is 2.74 bits per heavy atom. The minimum atomic E-state index is -0.578. The summed E-state index contributed by atoms with van der Waals surface area (Å²) in [7, 11) is 1.90. The highest BCUT2D eigenvalue weighted by molar-refractivity contribution is 8.17. The summed E-state index contributed by atoms with van der Waals surface area (Å²) in [5, 5.41) is 27.0. The van der Waals surface area contributed by atoms with E-state index in [0.717, 1.165) is 10.5 Å². The Morgan fingerprint density at radius 1 is 1.42 bits per heavy atom. The van der Waals surface area contributed by atoms with E-state index >= 15 is 0 Å². The SMILES string of the molecule is CC1=C(C#N)[C@@H](c2ccc[n+](C)c2)[C@@H](C#N)C(=N)S1. The van der Waals surface area contributed by atoms with Crippen molar-refractivity contribution < 1.29 is 4.57 Å². The fraction of sp³-hybridized carbons (Fsp3) is 0.286. The van der Waals surface area contributed by atoms with Gasteiger partial charge in [0.05, 0.1) is 17.2 Å². The molecule has 0 spiro atoms. The van der Waals surface area contributed by atoms with Gasteiger partial charge in [-0.25, -0.2) is 4.57 Å². The van der Waals surface area contributed by atoms with Crippen LogP contribution in [0.5, 0.6) is 0 Å². The van der Waals surface area contributed by atoms with Crippen molar-refractivity contribution >= 4 is 16.8 Å². The van der Waals surface area contributed by atoms with Crippen LogP contribution in [-0.2, 0) is 7.05 Å². The van der Waals surface area contributed by atoms with E-state index in [0.29, 0.717) is 10.6 Å². The highest BCUT2D eigenvalue weighted by Crippen LogP contribution is 2.43. The number of hydrogen-bond acceptors (Lipinski definition) is 4. The maximum absolute atomic E-state index is 9.35. The van der Waals surface area contributed by atoms with Crippen LogP contribution >= 0.6 is 11.8 Å². The zero-order valence-corrected chi connectivity index (χ0v) is 11.5. The lowest BCUT2D eigenvalue weighted by molar-refractivity contribution is -0.672. The van der Waals surface area contributed by atoms with Gasteiger partial charge in [-0.3, -0.25) is 5.41 Å². The zero-order valence-electron chi connectivity index (χ0n) is 10.7. The summed E-state index contributed by atoms with van der Waals surface area (Å²) in [6.07, 6.45) is 3.80. The van der Waals surface area contributed by atoms with Gasteiger partial charge in [0.2, 0.25) is 0 Å². The summed E-state index contributed by atoms with van der Waals surface area (Å²) in [5.74, 6) is -0.915. The first-order chi connectivity index (χ1) is 9.08. The molecule has 0 saturated heterocycles. The third kappa shape index (κ3) is 2.38. The Labute approximate surface area is 116 Å². The number of pyridine rings is 1. The molecule has 2 heterocycles. The highest BCUT2D eigenvalue weighted by Gasteiger charge is 2.37. The van der Waals surface area contributed by atoms with Crippen molar-refractivity contribution in [3.63, 3.8) is 0 Å². The summed E-state index contributed by atoms with van der Waals surface area (Å²) in [4.78, 5) is 0.815. The first-order valence-electron chi connectivity index (χ1n) is 5.80. The molecule has 1 aliphatic heterocycles. The molecule has 1 aromatic rings. The topological polar surface area (TPSA) is 75.3 Å². The van der Waals surface area contributed by atoms with Crippen molar-refractivity contribution in [3.05, 3.63) is 40.6 Å². The van der Waals surface area contributed by atoms with Crippen LogP contribution in [0.15, 0.2) is 35.0 Å². The van der Waals surface area contributed by atoms with Gasteiger partial charge in [0.15, 0.2) is 12.4 Å². The lowest BCUT2D eigenvalue weighted by atomic mass is 9.82. The van der Waals surface area contributed by atoms with Gasteiger partial charge in [0, 0.05) is 28.0 Å². The summed E-state index contributed by atoms with van der Waals surface area (Å²) in [6, 6.07) is 8.17. The van der Waals surface area contributed by atoms with E-state index in [1.165, 1.54) is 11.8 Å². The Hall–Kier alpha value is -2.11. The summed E-state index contributed by atoms with van der Waals surface area (Å²) in [5.41, 5.74) is 1.50. The fourth-order valence-corrected chi connectivity index (χ4v) is 3.18. The smallest absolute Gasteiger partial charge is 0.172 e. The standard InChI is InChI=1S/C14H13N4S/c1-9-11(6-15)13(12(7-16)14(17)19-9)10-4-3-5-18(2)8-10/h3-5,8,12-13,17H,1-2H3/q+1/t12-,13-/m1/s1. The van der Waals surface area contributed by atoms with Crippen molar-refractivity contribution in [2.45, 2.75) is 12.8 Å². The molecule has 0 aromatic carbocycles. The molecule has 0 saturated carbocycles. The minimum Gasteiger partial charge on any atom is -0.297 e. The van der Waals surface area contributed by atoms with E-state index in [4.69, 9.17) is 5.41 Å². The van der Waals surface area contributed by atoms with Crippen molar-refractivity contribution in [3.8, 4) is 12.1 Å². The van der Waals surface area contributed by atoms with E-state index in [2.05, 4.69) is 12.1 Å². The van der Waals surface area contributed by atoms with Crippen LogP contribution in [0.3, 0.4) is 0 Å². The molecular weight excluding hydrogens is 256 g/mol. The van der Waals surface area contributed by atoms with E-state index in [1.807, 2.05) is 43.1 Å². The van der Waals surface area contributed by atoms with Gasteiger partial charge in [-0.2, -0.15) is 10.5 Å². The molecule has 4 nitrogen and oxygen atoms in total. The molecule has 1 N–H and O–H groups in total. The third-order valence-electron chi connectivity index (χ3n) is 3.15. The van der Waals surface area contributed by atoms with E-state index in [-0.39, 0.29) is 5.92 Å². The van der Waals surface area contributed by atoms with Gasteiger partial charge in [0.1, 0.15) is 13.0 Å². The number of nitrogens with zero attached hydrogens (tertiary/aromatic N) is 3. The predicted octanol–water partition coefficient (Wildman–Crippen LogP) is 2.26. The molecule has 0 aliphatic carbocycles. The van der Waals surface area contributed by atoms with Crippen LogP contribution in [0.25, 0.3) is 0 Å². The van der Waals surface area contributed by atoms with Gasteiger partial charge in [-0.15, -0.1) is 0 Å². The molecule has 1 aromatic heterocycles. The third-order valence-corrected chi connectivity index (χ3v) is 4.15. The Bertz CT molecular complexity index is 648. The van der Waals surface area contributed by atoms with Crippen LogP contribution in [0.4, 0.5) is 0 Å². The summed E-state index contributed by atoms with van der Waals surface area (Å²) in [6.45, 7) is 1.83. The zero-order chi connectivity index (χ0) is 14.0. The maximum Gasteiger partial charge on any atom is 0.172 e. The molecule has 1 aliphatic rings. The molecule has 19 heavy (non-hydrogen) atoms. The van der Waals surface area contributed by atoms with Gasteiger partial charge < -0.3 is 0 Å². The normalized spacial score (nSPS) is 22.8. The van der Waals surface area contributed by atoms with E-state index in [1.54, 1.807) is 0 Å². The average Bonchev–Trinajstić information content (AvgIpc) is 2.38. The van der Waals surface area contributed by atoms with Crippen LogP contribution in [-0.4, -0.2) is 5.04 Å². The molecule has 2 rings (SSSR count). The Morgan fingerprint density at radius 2 is 2.16 bits per heavy atom. The van der Waals surface area contributed by atoms with Crippen LogP contribution < -0.4 is 4.57 Å². The molecule has 5 heteroatoms. The molecule has 0 radical (unpaired) electrons. The monoisotopic (exact) mass is 269 g/mol. The first kappa shape index (κ1) is 13.3. The molecule has 94 valence electrons. The summed E-state index contributed by atoms with van der Waals surface area (Å²) >= 11 is 1.22. The lowest BCUT2D eigenvalue weighted by Crippen LogP contribution is -2.30. The van der Waals surface area contributed by atoms with E-state index < -0.39 is 5.92 Å². The second-order valence-corrected chi connectivity index (χ2v) is 5.69. The Kier molecular flexibility index (Phi) is 3.69. The second kappa shape index (κ2) is 5.26. The van der Waals surface area contributed by atoms with Gasteiger partial charge in [0.25, 0.3) is 0 Å². The summed E-state index contributed by atoms with van der Waals surface area (Å²) < 4.78 is 1.89. The van der Waals surface area contributed by atoms with Crippen molar-refractivity contribution in [2.75, 3.05) is 0 Å². The van der Waals surface area contributed by atoms with Gasteiger partial charge >= 0.3 is 0 Å². The number of allylic oxidation sites excluding steroid dienone is 2. The van der Waals surface area contributed by atoms with E-state index in [9.17, 15) is 10.5 Å². The fourth-order valence-electron chi connectivity index (χ4n) is 2.26. The van der Waals surface area contributed by atoms with Gasteiger partial charge in [-0.1, -0.05) is 11.8 Å². The molecule has 2 atom stereocenters. The van der Waals surface area contributed by atoms with Crippen LogP contribution in [0, 0.1) is 34.0 Å². The van der Waals surface area contributed by atoms with Crippen LogP contribution in [0.2, 0.25) is 0 Å². The number of aromatic nitrogens is 1. The lowest BCUT2D eigenvalue weighted by Gasteiger charge is -2.27. The quantitative estimate of drug-likeness (QED) is 0.794. The highest BCUT2D eigenvalue weighted by atomic mass is 32.2. The predicted molar refractivity (Wildman–Crippen MR) is 73.1 cm³/mol. The minimum absolute atomic E-state index is 0.315. The molecule has 0 unspecified atom stereocenters. The number of rotatable bonds is 1. The van der Waals surface area contributed by atoms with Crippen molar-refractivity contribution in [1.29, 1.82) is 15.9 Å².